The molecule has 2 aromatic carbocycles. The summed E-state index contributed by atoms with van der Waals surface area (Å²) in [7, 11) is 0. The van der Waals surface area contributed by atoms with E-state index >= 15 is 0 Å². The van der Waals surface area contributed by atoms with Gasteiger partial charge in [0.15, 0.2) is 0 Å². The van der Waals surface area contributed by atoms with Crippen molar-refractivity contribution in [3.05, 3.63) is 54.8 Å². The number of hydrogen-bond donors (Lipinski definition) is 0. The average molecular weight is 211 g/mol. The molecular weight excluding hydrogens is 202 g/mol. The molecule has 3 rings (SSSR count). The number of rotatable bonds is 2. The normalized spacial score (nSPS) is 10.5. The van der Waals surface area contributed by atoms with E-state index < -0.39 is 0 Å². The van der Waals surface area contributed by atoms with Gasteiger partial charge in [0, 0.05) is 6.07 Å². The van der Waals surface area contributed by atoms with Gasteiger partial charge in [0.05, 0.1) is 0 Å². The van der Waals surface area contributed by atoms with Crippen LogP contribution in [0.3, 0.4) is 0 Å². The molecule has 0 saturated heterocycles. The Balaban J connectivity index is 1.99. The lowest BCUT2D eigenvalue weighted by Crippen LogP contribution is -1.83. The maximum Gasteiger partial charge on any atom is 0.259 e. The van der Waals surface area contributed by atoms with Crippen LogP contribution in [0.5, 0.6) is 11.6 Å². The zero-order valence-corrected chi connectivity index (χ0v) is 8.46. The molecule has 0 fully saturated rings. The van der Waals surface area contributed by atoms with Gasteiger partial charge in [0.1, 0.15) is 12.0 Å². The molecule has 0 unspecified atom stereocenters. The van der Waals surface area contributed by atoms with E-state index in [0.717, 1.165) is 11.1 Å². The van der Waals surface area contributed by atoms with Crippen LogP contribution in [0.4, 0.5) is 0 Å². The Hall–Kier alpha value is -2.29. The van der Waals surface area contributed by atoms with Crippen molar-refractivity contribution >= 4 is 10.8 Å². The molecule has 0 aliphatic heterocycles. The molecule has 0 radical (unpaired) electrons. The highest BCUT2D eigenvalue weighted by Gasteiger charge is 2.00. The molecule has 0 bridgehead atoms. The van der Waals surface area contributed by atoms with Crippen molar-refractivity contribution < 1.29 is 9.26 Å². The van der Waals surface area contributed by atoms with Crippen molar-refractivity contribution in [1.82, 2.24) is 5.16 Å². The van der Waals surface area contributed by atoms with Gasteiger partial charge in [-0.2, -0.15) is 0 Å². The Kier molecular flexibility index (Phi) is 2.07. The third kappa shape index (κ3) is 1.63. The van der Waals surface area contributed by atoms with E-state index in [4.69, 9.17) is 9.26 Å². The van der Waals surface area contributed by atoms with Crippen LogP contribution >= 0.6 is 0 Å². The lowest BCUT2D eigenvalue weighted by atomic mass is 10.1. The maximum atomic E-state index is 5.52. The third-order valence-electron chi connectivity index (χ3n) is 2.36. The van der Waals surface area contributed by atoms with E-state index in [0.29, 0.717) is 5.88 Å². The monoisotopic (exact) mass is 211 g/mol. The van der Waals surface area contributed by atoms with E-state index in [1.807, 2.05) is 36.4 Å². The summed E-state index contributed by atoms with van der Waals surface area (Å²) in [5.74, 6) is 1.22. The van der Waals surface area contributed by atoms with Crippen molar-refractivity contribution in [3.8, 4) is 11.6 Å². The van der Waals surface area contributed by atoms with E-state index in [1.54, 1.807) is 6.07 Å². The fourth-order valence-electron chi connectivity index (χ4n) is 1.61. The van der Waals surface area contributed by atoms with Crippen LogP contribution in [0.2, 0.25) is 0 Å². The van der Waals surface area contributed by atoms with E-state index in [9.17, 15) is 0 Å². The molecule has 16 heavy (non-hydrogen) atoms. The Bertz CT molecular complexity index is 602. The topological polar surface area (TPSA) is 35.3 Å². The second-order valence-electron chi connectivity index (χ2n) is 3.45. The van der Waals surface area contributed by atoms with Crippen molar-refractivity contribution in [2.45, 2.75) is 0 Å². The van der Waals surface area contributed by atoms with E-state index in [-0.39, 0.29) is 0 Å². The zero-order chi connectivity index (χ0) is 10.8. The van der Waals surface area contributed by atoms with Gasteiger partial charge in [-0.25, -0.2) is 0 Å². The van der Waals surface area contributed by atoms with Gasteiger partial charge in [-0.1, -0.05) is 30.3 Å². The summed E-state index contributed by atoms with van der Waals surface area (Å²) >= 11 is 0. The second kappa shape index (κ2) is 3.70. The lowest BCUT2D eigenvalue weighted by Gasteiger charge is -2.02. The highest BCUT2D eigenvalue weighted by Crippen LogP contribution is 2.24. The van der Waals surface area contributed by atoms with Gasteiger partial charge in [-0.05, 0) is 28.1 Å². The molecule has 1 aromatic heterocycles. The lowest BCUT2D eigenvalue weighted by molar-refractivity contribution is 0.367. The molecule has 3 aromatic rings. The summed E-state index contributed by atoms with van der Waals surface area (Å²) in [6, 6.07) is 15.7. The van der Waals surface area contributed by atoms with Gasteiger partial charge in [0.25, 0.3) is 5.88 Å². The highest BCUT2D eigenvalue weighted by molar-refractivity contribution is 5.83. The minimum absolute atomic E-state index is 0.468. The first kappa shape index (κ1) is 8.97. The predicted molar refractivity (Wildman–Crippen MR) is 60.5 cm³/mol. The van der Waals surface area contributed by atoms with Crippen LogP contribution in [-0.4, -0.2) is 5.16 Å². The molecule has 3 nitrogen and oxygen atoms in total. The Morgan fingerprint density at radius 2 is 1.81 bits per heavy atom. The molecule has 0 saturated carbocycles. The van der Waals surface area contributed by atoms with Crippen LogP contribution in [0, 0.1) is 0 Å². The van der Waals surface area contributed by atoms with Crippen molar-refractivity contribution in [3.63, 3.8) is 0 Å². The molecule has 3 heteroatoms. The molecule has 1 heterocycles. The first-order valence-electron chi connectivity index (χ1n) is 4.99. The number of nitrogens with zero attached hydrogens (tertiary/aromatic N) is 1. The van der Waals surface area contributed by atoms with Crippen LogP contribution in [0.25, 0.3) is 10.8 Å². The fourth-order valence-corrected chi connectivity index (χ4v) is 1.61. The van der Waals surface area contributed by atoms with Crippen LogP contribution in [0.15, 0.2) is 59.3 Å². The summed E-state index contributed by atoms with van der Waals surface area (Å²) in [6.45, 7) is 0. The Morgan fingerprint density at radius 3 is 2.62 bits per heavy atom. The first-order valence-corrected chi connectivity index (χ1v) is 4.99. The minimum atomic E-state index is 0.468. The number of hydrogen-bond acceptors (Lipinski definition) is 3. The fraction of sp³-hybridized carbons (Fsp3) is 0. The van der Waals surface area contributed by atoms with Crippen molar-refractivity contribution in [2.75, 3.05) is 0 Å². The van der Waals surface area contributed by atoms with Gasteiger partial charge < -0.3 is 9.26 Å². The third-order valence-corrected chi connectivity index (χ3v) is 2.36. The van der Waals surface area contributed by atoms with Crippen LogP contribution in [0.1, 0.15) is 0 Å². The molecule has 0 N–H and O–H groups in total. The highest BCUT2D eigenvalue weighted by atomic mass is 16.5. The quantitative estimate of drug-likeness (QED) is 0.649. The first-order chi connectivity index (χ1) is 7.92. The Labute approximate surface area is 92.2 Å². The van der Waals surface area contributed by atoms with Crippen LogP contribution in [-0.2, 0) is 0 Å². The SMILES string of the molecule is c1ccc2cc(Oc3ccon3)ccc2c1. The number of fused-ring (bicyclic) bond motifs is 1. The molecule has 78 valence electrons. The average Bonchev–Trinajstić information content (AvgIpc) is 2.82. The van der Waals surface area contributed by atoms with Gasteiger partial charge in [-0.15, -0.1) is 0 Å². The molecule has 0 aliphatic rings. The number of aromatic nitrogens is 1. The van der Waals surface area contributed by atoms with Gasteiger partial charge >= 0.3 is 0 Å². The molecule has 0 atom stereocenters. The summed E-state index contributed by atoms with van der Waals surface area (Å²) < 4.78 is 10.2. The largest absolute Gasteiger partial charge is 0.436 e. The van der Waals surface area contributed by atoms with Gasteiger partial charge in [-0.3, -0.25) is 0 Å². The van der Waals surface area contributed by atoms with Crippen molar-refractivity contribution in [2.24, 2.45) is 0 Å². The molecule has 0 aliphatic carbocycles. The zero-order valence-electron chi connectivity index (χ0n) is 8.46. The molecular formula is C13H9NO2. The molecule has 0 spiro atoms. The number of ether oxygens (including phenoxy) is 1. The maximum absolute atomic E-state index is 5.52. The van der Waals surface area contributed by atoms with Crippen molar-refractivity contribution in [1.29, 1.82) is 0 Å². The minimum Gasteiger partial charge on any atom is -0.436 e. The van der Waals surface area contributed by atoms with Crippen LogP contribution < -0.4 is 4.74 Å². The summed E-state index contributed by atoms with van der Waals surface area (Å²) in [5.41, 5.74) is 0. The van der Waals surface area contributed by atoms with E-state index in [1.165, 1.54) is 11.6 Å². The standard InChI is InChI=1S/C13H9NO2/c1-2-4-11-9-12(6-5-10(11)3-1)16-13-7-8-15-14-13/h1-9H. The predicted octanol–water partition coefficient (Wildman–Crippen LogP) is 3.62. The summed E-state index contributed by atoms with van der Waals surface area (Å²) in [5, 5.41) is 6.03. The Morgan fingerprint density at radius 1 is 0.938 bits per heavy atom. The second-order valence-corrected chi connectivity index (χ2v) is 3.45. The molecule has 0 amide bonds. The summed E-state index contributed by atoms with van der Waals surface area (Å²) in [6.07, 6.45) is 1.48. The smallest absolute Gasteiger partial charge is 0.259 e. The van der Waals surface area contributed by atoms with E-state index in [2.05, 4.69) is 11.2 Å². The number of benzene rings is 2. The van der Waals surface area contributed by atoms with Gasteiger partial charge in [0.2, 0.25) is 0 Å². The summed E-state index contributed by atoms with van der Waals surface area (Å²) in [4.78, 5) is 0.